The first-order valence-corrected chi connectivity index (χ1v) is 9.82. The minimum Gasteiger partial charge on any atom is -0.481 e. The number of benzene rings is 2. The summed E-state index contributed by atoms with van der Waals surface area (Å²) < 4.78 is 5.54. The number of hydrogen-bond acceptors (Lipinski definition) is 3. The van der Waals surface area contributed by atoms with E-state index in [1.165, 1.54) is 0 Å². The maximum absolute atomic E-state index is 13.7. The highest BCUT2D eigenvalue weighted by Gasteiger charge is 2.48. The van der Waals surface area contributed by atoms with Crippen LogP contribution >= 0.6 is 0 Å². The van der Waals surface area contributed by atoms with E-state index in [0.29, 0.717) is 32.6 Å². The summed E-state index contributed by atoms with van der Waals surface area (Å²) >= 11 is 0. The van der Waals surface area contributed by atoms with Gasteiger partial charge in [0.2, 0.25) is 5.91 Å². The van der Waals surface area contributed by atoms with Crippen molar-refractivity contribution in [2.24, 2.45) is 5.92 Å². The predicted octanol–water partition coefficient (Wildman–Crippen LogP) is 3.06. The molecule has 0 radical (unpaired) electrons. The van der Waals surface area contributed by atoms with Crippen LogP contribution in [0.15, 0.2) is 60.7 Å². The van der Waals surface area contributed by atoms with Gasteiger partial charge in [-0.15, -0.1) is 0 Å². The van der Waals surface area contributed by atoms with Crippen LogP contribution in [0.3, 0.4) is 0 Å². The van der Waals surface area contributed by atoms with Gasteiger partial charge in [-0.1, -0.05) is 60.7 Å². The molecule has 0 aliphatic carbocycles. The lowest BCUT2D eigenvalue weighted by Crippen LogP contribution is -2.49. The van der Waals surface area contributed by atoms with Gasteiger partial charge in [-0.25, -0.2) is 0 Å². The van der Waals surface area contributed by atoms with Crippen LogP contribution in [0.1, 0.15) is 29.9 Å². The van der Waals surface area contributed by atoms with E-state index in [1.807, 2.05) is 60.7 Å². The lowest BCUT2D eigenvalue weighted by molar-refractivity contribution is -0.143. The summed E-state index contributed by atoms with van der Waals surface area (Å²) in [5.74, 6) is -1.58. The Kier molecular flexibility index (Phi) is 5.18. The normalized spacial score (nSPS) is 24.1. The smallest absolute Gasteiger partial charge is 0.308 e. The molecule has 2 heterocycles. The Morgan fingerprint density at radius 1 is 0.929 bits per heavy atom. The first kappa shape index (κ1) is 18.7. The molecule has 5 nitrogen and oxygen atoms in total. The summed E-state index contributed by atoms with van der Waals surface area (Å²) in [5.41, 5.74) is 1.35. The molecule has 0 bridgehead atoms. The lowest BCUT2D eigenvalue weighted by atomic mass is 9.73. The molecule has 0 saturated carbocycles. The minimum absolute atomic E-state index is 0.0340. The number of amides is 1. The van der Waals surface area contributed by atoms with Crippen LogP contribution in [0.2, 0.25) is 0 Å². The molecule has 2 aromatic carbocycles. The number of carboxylic acids is 1. The number of nitrogens with zero attached hydrogens (tertiary/aromatic N) is 1. The molecule has 146 valence electrons. The standard InChI is InChI=1S/C23H25NO4/c25-21(26)20-16-24(15-19(20)17-7-3-1-4-8-17)22(27)23(11-13-28-14-12-23)18-9-5-2-6-10-18/h1-10,19-20H,11-16H2,(H,25,26). The zero-order valence-electron chi connectivity index (χ0n) is 15.8. The number of hydrogen-bond donors (Lipinski definition) is 1. The summed E-state index contributed by atoms with van der Waals surface area (Å²) in [4.78, 5) is 27.4. The summed E-state index contributed by atoms with van der Waals surface area (Å²) in [6.45, 7) is 1.77. The molecule has 1 amide bonds. The van der Waals surface area contributed by atoms with Gasteiger partial charge in [0.05, 0.1) is 11.3 Å². The van der Waals surface area contributed by atoms with Crippen LogP contribution < -0.4 is 0 Å². The van der Waals surface area contributed by atoms with Crippen molar-refractivity contribution >= 4 is 11.9 Å². The third-order valence-corrected chi connectivity index (χ3v) is 6.23. The number of rotatable bonds is 4. The van der Waals surface area contributed by atoms with Crippen LogP contribution in [-0.4, -0.2) is 48.2 Å². The van der Waals surface area contributed by atoms with E-state index in [-0.39, 0.29) is 18.4 Å². The van der Waals surface area contributed by atoms with Crippen molar-refractivity contribution in [2.45, 2.75) is 24.2 Å². The van der Waals surface area contributed by atoms with E-state index in [4.69, 9.17) is 4.74 Å². The van der Waals surface area contributed by atoms with Crippen molar-refractivity contribution in [3.63, 3.8) is 0 Å². The molecule has 2 aromatic rings. The summed E-state index contributed by atoms with van der Waals surface area (Å²) in [7, 11) is 0. The molecular formula is C23H25NO4. The third-order valence-electron chi connectivity index (χ3n) is 6.23. The van der Waals surface area contributed by atoms with Gasteiger partial charge in [-0.3, -0.25) is 9.59 Å². The molecule has 0 aromatic heterocycles. The molecule has 1 N–H and O–H groups in total. The quantitative estimate of drug-likeness (QED) is 0.887. The second-order valence-corrected chi connectivity index (χ2v) is 7.73. The van der Waals surface area contributed by atoms with Gasteiger partial charge < -0.3 is 14.7 Å². The van der Waals surface area contributed by atoms with Crippen molar-refractivity contribution < 1.29 is 19.4 Å². The zero-order valence-corrected chi connectivity index (χ0v) is 15.8. The Morgan fingerprint density at radius 3 is 2.14 bits per heavy atom. The van der Waals surface area contributed by atoms with Crippen molar-refractivity contribution in [3.05, 3.63) is 71.8 Å². The van der Waals surface area contributed by atoms with Crippen LogP contribution in [0.4, 0.5) is 0 Å². The van der Waals surface area contributed by atoms with Gasteiger partial charge in [0.1, 0.15) is 0 Å². The predicted molar refractivity (Wildman–Crippen MR) is 105 cm³/mol. The van der Waals surface area contributed by atoms with Gasteiger partial charge in [0.15, 0.2) is 0 Å². The summed E-state index contributed by atoms with van der Waals surface area (Å²) in [5, 5.41) is 9.78. The van der Waals surface area contributed by atoms with E-state index >= 15 is 0 Å². The van der Waals surface area contributed by atoms with Gasteiger partial charge in [0.25, 0.3) is 0 Å². The Bertz CT molecular complexity index is 830. The van der Waals surface area contributed by atoms with Crippen LogP contribution in [0.5, 0.6) is 0 Å². The topological polar surface area (TPSA) is 66.8 Å². The molecule has 2 aliphatic heterocycles. The Hall–Kier alpha value is -2.66. The SMILES string of the molecule is O=C(O)C1CN(C(=O)C2(c3ccccc3)CCOCC2)CC1c1ccccc1. The van der Waals surface area contributed by atoms with Crippen molar-refractivity contribution in [3.8, 4) is 0 Å². The maximum atomic E-state index is 13.7. The molecular weight excluding hydrogens is 354 g/mol. The zero-order chi connectivity index (χ0) is 19.6. The summed E-state index contributed by atoms with van der Waals surface area (Å²) in [6.07, 6.45) is 1.25. The molecule has 0 spiro atoms. The molecule has 2 aliphatic rings. The molecule has 2 saturated heterocycles. The number of likely N-dealkylation sites (tertiary alicyclic amines) is 1. The fourth-order valence-electron chi connectivity index (χ4n) is 4.66. The average Bonchev–Trinajstić information content (AvgIpc) is 3.21. The molecule has 2 unspecified atom stereocenters. The van der Waals surface area contributed by atoms with E-state index in [1.54, 1.807) is 4.90 Å². The van der Waals surface area contributed by atoms with E-state index in [9.17, 15) is 14.7 Å². The van der Waals surface area contributed by atoms with Gasteiger partial charge in [0, 0.05) is 32.2 Å². The number of carbonyl (C=O) groups is 2. The van der Waals surface area contributed by atoms with Gasteiger partial charge >= 0.3 is 5.97 Å². The van der Waals surface area contributed by atoms with Crippen LogP contribution in [0.25, 0.3) is 0 Å². The highest BCUT2D eigenvalue weighted by molar-refractivity contribution is 5.89. The summed E-state index contributed by atoms with van der Waals surface area (Å²) in [6, 6.07) is 19.5. The first-order valence-electron chi connectivity index (χ1n) is 9.82. The fourth-order valence-corrected chi connectivity index (χ4v) is 4.66. The highest BCUT2D eigenvalue weighted by Crippen LogP contribution is 2.40. The van der Waals surface area contributed by atoms with E-state index in [0.717, 1.165) is 11.1 Å². The molecule has 28 heavy (non-hydrogen) atoms. The van der Waals surface area contributed by atoms with E-state index in [2.05, 4.69) is 0 Å². The Morgan fingerprint density at radius 2 is 1.54 bits per heavy atom. The Balaban J connectivity index is 1.65. The number of carboxylic acid groups (broad SMARTS) is 1. The minimum atomic E-state index is -0.843. The highest BCUT2D eigenvalue weighted by atomic mass is 16.5. The number of carbonyl (C=O) groups excluding carboxylic acids is 1. The second kappa shape index (κ2) is 7.76. The number of ether oxygens (including phenoxy) is 1. The van der Waals surface area contributed by atoms with Crippen molar-refractivity contribution in [2.75, 3.05) is 26.3 Å². The van der Waals surface area contributed by atoms with E-state index < -0.39 is 17.3 Å². The fraction of sp³-hybridized carbons (Fsp3) is 0.391. The molecule has 4 rings (SSSR count). The molecule has 2 fully saturated rings. The van der Waals surface area contributed by atoms with Crippen LogP contribution in [-0.2, 0) is 19.7 Å². The van der Waals surface area contributed by atoms with Gasteiger partial charge in [-0.2, -0.15) is 0 Å². The second-order valence-electron chi connectivity index (χ2n) is 7.73. The first-order chi connectivity index (χ1) is 13.6. The Labute approximate surface area is 164 Å². The molecule has 5 heteroatoms. The van der Waals surface area contributed by atoms with Crippen molar-refractivity contribution in [1.82, 2.24) is 4.90 Å². The van der Waals surface area contributed by atoms with Gasteiger partial charge in [-0.05, 0) is 24.0 Å². The molecule has 2 atom stereocenters. The third kappa shape index (κ3) is 3.31. The maximum Gasteiger partial charge on any atom is 0.308 e. The monoisotopic (exact) mass is 379 g/mol. The average molecular weight is 379 g/mol. The largest absolute Gasteiger partial charge is 0.481 e. The lowest BCUT2D eigenvalue weighted by Gasteiger charge is -2.39. The number of aliphatic carboxylic acids is 1. The van der Waals surface area contributed by atoms with Crippen LogP contribution in [0, 0.1) is 5.92 Å². The van der Waals surface area contributed by atoms with Crippen molar-refractivity contribution in [1.29, 1.82) is 0 Å².